The lowest BCUT2D eigenvalue weighted by molar-refractivity contribution is -0.0716. The highest BCUT2D eigenvalue weighted by Gasteiger charge is 2.38. The Morgan fingerprint density at radius 1 is 1.44 bits per heavy atom. The van der Waals surface area contributed by atoms with E-state index < -0.39 is 18.6 Å². The quantitative estimate of drug-likeness (QED) is 0.800. The third-order valence-electron chi connectivity index (χ3n) is 2.02. The van der Waals surface area contributed by atoms with Crippen LogP contribution in [-0.4, -0.2) is 22.7 Å². The predicted octanol–water partition coefficient (Wildman–Crippen LogP) is 2.20. The molecule has 0 radical (unpaired) electrons. The van der Waals surface area contributed by atoms with Crippen molar-refractivity contribution in [3.8, 4) is 5.75 Å². The molecule has 0 fully saturated rings. The standard InChI is InChI=1S/C9H10BrF2NO2.ClH/c10-6-3-1-2-5(7(6)15)8(13)9(11,12)4-14;/h1-3,8,14-15H,4,13H2;1H/t8-;/m1./s1. The summed E-state index contributed by atoms with van der Waals surface area (Å²) in [6, 6.07) is 2.53. The molecule has 1 rings (SSSR count). The average Bonchev–Trinajstić information content (AvgIpc) is 2.21. The van der Waals surface area contributed by atoms with Crippen molar-refractivity contribution < 1.29 is 19.0 Å². The Morgan fingerprint density at radius 2 is 2.00 bits per heavy atom. The minimum atomic E-state index is -3.46. The lowest BCUT2D eigenvalue weighted by Crippen LogP contribution is -2.36. The maximum Gasteiger partial charge on any atom is 0.289 e. The van der Waals surface area contributed by atoms with Gasteiger partial charge in [0, 0.05) is 5.56 Å². The van der Waals surface area contributed by atoms with Crippen molar-refractivity contribution >= 4 is 28.3 Å². The van der Waals surface area contributed by atoms with Crippen molar-refractivity contribution in [3.63, 3.8) is 0 Å². The zero-order chi connectivity index (χ0) is 11.6. The average molecular weight is 319 g/mol. The molecule has 0 heterocycles. The Balaban J connectivity index is 0.00000225. The van der Waals surface area contributed by atoms with Gasteiger partial charge in [0.05, 0.1) is 4.47 Å². The van der Waals surface area contributed by atoms with Gasteiger partial charge in [-0.25, -0.2) is 8.78 Å². The van der Waals surface area contributed by atoms with E-state index in [2.05, 4.69) is 15.9 Å². The highest BCUT2D eigenvalue weighted by Crippen LogP contribution is 2.37. The van der Waals surface area contributed by atoms with Crippen LogP contribution in [0.15, 0.2) is 22.7 Å². The highest BCUT2D eigenvalue weighted by molar-refractivity contribution is 9.10. The van der Waals surface area contributed by atoms with Gasteiger partial charge in [-0.2, -0.15) is 0 Å². The fourth-order valence-electron chi connectivity index (χ4n) is 1.11. The number of alkyl halides is 2. The number of benzene rings is 1. The lowest BCUT2D eigenvalue weighted by atomic mass is 10.0. The third-order valence-corrected chi connectivity index (χ3v) is 2.66. The van der Waals surface area contributed by atoms with E-state index in [1.54, 1.807) is 0 Å². The maximum atomic E-state index is 13.0. The minimum Gasteiger partial charge on any atom is -0.506 e. The number of nitrogens with two attached hydrogens (primary N) is 1. The molecule has 4 N–H and O–H groups in total. The molecule has 1 aromatic carbocycles. The molecule has 0 aromatic heterocycles. The largest absolute Gasteiger partial charge is 0.506 e. The van der Waals surface area contributed by atoms with Crippen LogP contribution in [0.1, 0.15) is 11.6 Å². The summed E-state index contributed by atoms with van der Waals surface area (Å²) >= 11 is 2.99. The van der Waals surface area contributed by atoms with Gasteiger partial charge in [0.25, 0.3) is 5.92 Å². The molecule has 0 aliphatic carbocycles. The summed E-state index contributed by atoms with van der Waals surface area (Å²) in [6.45, 7) is -1.36. The smallest absolute Gasteiger partial charge is 0.289 e. The van der Waals surface area contributed by atoms with E-state index in [0.29, 0.717) is 0 Å². The van der Waals surface area contributed by atoms with E-state index in [0.717, 1.165) is 0 Å². The molecular formula is C9H11BrClF2NO2. The lowest BCUT2D eigenvalue weighted by Gasteiger charge is -2.22. The van der Waals surface area contributed by atoms with Crippen molar-refractivity contribution in [1.82, 2.24) is 0 Å². The number of aliphatic hydroxyl groups is 1. The highest BCUT2D eigenvalue weighted by atomic mass is 79.9. The fraction of sp³-hybridized carbons (Fsp3) is 0.333. The van der Waals surface area contributed by atoms with Crippen LogP contribution in [0.4, 0.5) is 8.78 Å². The topological polar surface area (TPSA) is 66.5 Å². The molecule has 3 nitrogen and oxygen atoms in total. The van der Waals surface area contributed by atoms with Crippen LogP contribution in [-0.2, 0) is 0 Å². The van der Waals surface area contributed by atoms with Gasteiger partial charge in [-0.1, -0.05) is 12.1 Å². The van der Waals surface area contributed by atoms with Crippen LogP contribution in [0, 0.1) is 0 Å². The first-order valence-electron chi connectivity index (χ1n) is 4.12. The molecule has 0 bridgehead atoms. The number of para-hydroxylation sites is 1. The van der Waals surface area contributed by atoms with Gasteiger partial charge in [-0.3, -0.25) is 0 Å². The van der Waals surface area contributed by atoms with Gasteiger partial charge in [0.1, 0.15) is 18.4 Å². The Kier molecular flexibility index (Phi) is 5.61. The van der Waals surface area contributed by atoms with Gasteiger partial charge in [0.15, 0.2) is 0 Å². The Hall–Kier alpha value is -0.430. The zero-order valence-corrected chi connectivity index (χ0v) is 10.4. The fourth-order valence-corrected chi connectivity index (χ4v) is 1.49. The Morgan fingerprint density at radius 3 is 2.50 bits per heavy atom. The summed E-state index contributed by atoms with van der Waals surface area (Å²) in [6.07, 6.45) is 0. The second-order valence-electron chi connectivity index (χ2n) is 3.07. The zero-order valence-electron chi connectivity index (χ0n) is 8.03. The summed E-state index contributed by atoms with van der Waals surface area (Å²) in [5, 5.41) is 17.9. The van der Waals surface area contributed by atoms with E-state index in [-0.39, 0.29) is 28.2 Å². The number of aromatic hydroxyl groups is 1. The Labute approximate surface area is 106 Å². The SMILES string of the molecule is Cl.N[C@H](c1cccc(Br)c1O)C(F)(F)CO. The molecule has 0 spiro atoms. The molecule has 0 aliphatic rings. The number of aliphatic hydroxyl groups excluding tert-OH is 1. The van der Waals surface area contributed by atoms with Crippen molar-refractivity contribution in [2.45, 2.75) is 12.0 Å². The van der Waals surface area contributed by atoms with Crippen LogP contribution in [0.3, 0.4) is 0 Å². The van der Waals surface area contributed by atoms with Gasteiger partial charge in [0.2, 0.25) is 0 Å². The maximum absolute atomic E-state index is 13.0. The molecule has 0 amide bonds. The summed E-state index contributed by atoms with van der Waals surface area (Å²) in [4.78, 5) is 0. The molecule has 0 aliphatic heterocycles. The van der Waals surface area contributed by atoms with Crippen LogP contribution in [0.25, 0.3) is 0 Å². The third kappa shape index (κ3) is 3.04. The molecule has 0 unspecified atom stereocenters. The van der Waals surface area contributed by atoms with E-state index in [4.69, 9.17) is 10.8 Å². The summed E-state index contributed by atoms with van der Waals surface area (Å²) in [7, 11) is 0. The number of hydrogen-bond acceptors (Lipinski definition) is 3. The minimum absolute atomic E-state index is 0. The molecule has 1 atom stereocenters. The molecular weight excluding hydrogens is 307 g/mol. The van der Waals surface area contributed by atoms with E-state index in [1.165, 1.54) is 18.2 Å². The molecule has 1 aromatic rings. The number of rotatable bonds is 3. The number of phenols is 1. The monoisotopic (exact) mass is 317 g/mol. The van der Waals surface area contributed by atoms with E-state index >= 15 is 0 Å². The van der Waals surface area contributed by atoms with Crippen LogP contribution in [0.5, 0.6) is 5.75 Å². The van der Waals surface area contributed by atoms with Crippen molar-refractivity contribution in [1.29, 1.82) is 0 Å². The number of phenolic OH excluding ortho intramolecular Hbond substituents is 1. The second-order valence-corrected chi connectivity index (χ2v) is 3.93. The van der Waals surface area contributed by atoms with E-state index in [1.807, 2.05) is 0 Å². The van der Waals surface area contributed by atoms with Gasteiger partial charge in [-0.05, 0) is 22.0 Å². The summed E-state index contributed by atoms with van der Waals surface area (Å²) in [5.41, 5.74) is 5.15. The van der Waals surface area contributed by atoms with E-state index in [9.17, 15) is 13.9 Å². The second kappa shape index (κ2) is 5.77. The van der Waals surface area contributed by atoms with Crippen molar-refractivity contribution in [2.24, 2.45) is 5.73 Å². The first-order chi connectivity index (χ1) is 6.90. The molecule has 92 valence electrons. The van der Waals surface area contributed by atoms with Gasteiger partial charge in [-0.15, -0.1) is 12.4 Å². The van der Waals surface area contributed by atoms with Crippen LogP contribution in [0.2, 0.25) is 0 Å². The number of hydrogen-bond donors (Lipinski definition) is 3. The Bertz CT molecular complexity index is 365. The molecule has 7 heteroatoms. The van der Waals surface area contributed by atoms with Gasteiger partial charge < -0.3 is 15.9 Å². The molecule has 0 saturated heterocycles. The molecule has 16 heavy (non-hydrogen) atoms. The number of halogens is 4. The summed E-state index contributed by atoms with van der Waals surface area (Å²) in [5.74, 6) is -3.80. The van der Waals surface area contributed by atoms with Crippen molar-refractivity contribution in [3.05, 3.63) is 28.2 Å². The molecule has 0 saturated carbocycles. The normalized spacial score (nSPS) is 13.1. The van der Waals surface area contributed by atoms with Crippen LogP contribution < -0.4 is 5.73 Å². The van der Waals surface area contributed by atoms with Gasteiger partial charge >= 0.3 is 0 Å². The first-order valence-corrected chi connectivity index (χ1v) is 4.91. The van der Waals surface area contributed by atoms with Crippen LogP contribution >= 0.6 is 28.3 Å². The summed E-state index contributed by atoms with van der Waals surface area (Å²) < 4.78 is 26.4. The van der Waals surface area contributed by atoms with Crippen molar-refractivity contribution in [2.75, 3.05) is 6.61 Å². The first kappa shape index (κ1) is 15.6. The predicted molar refractivity (Wildman–Crippen MR) is 62.0 cm³/mol.